The standard InChI is InChI=1S/C16H25IO/c1-2-3-4-5-6-10-13-18-16(14-17)15-11-8-7-9-12-15/h7-9,11-12,16H,2-6,10,13-14H2,1H3. The zero-order valence-corrected chi connectivity index (χ0v) is 13.6. The summed E-state index contributed by atoms with van der Waals surface area (Å²) in [6.07, 6.45) is 8.21. The van der Waals surface area contributed by atoms with Gasteiger partial charge in [-0.15, -0.1) is 0 Å². The van der Waals surface area contributed by atoms with Gasteiger partial charge in [-0.1, -0.05) is 92.0 Å². The SMILES string of the molecule is CCCCCCCCOC(CI)c1ccccc1. The first-order valence-corrected chi connectivity index (χ1v) is 8.63. The molecule has 0 aliphatic rings. The van der Waals surface area contributed by atoms with Gasteiger partial charge in [-0.2, -0.15) is 0 Å². The molecule has 2 heteroatoms. The second-order valence-electron chi connectivity index (χ2n) is 4.69. The van der Waals surface area contributed by atoms with Crippen molar-refractivity contribution < 1.29 is 4.74 Å². The molecule has 18 heavy (non-hydrogen) atoms. The summed E-state index contributed by atoms with van der Waals surface area (Å²) < 4.78 is 7.00. The van der Waals surface area contributed by atoms with Crippen molar-refractivity contribution in [2.75, 3.05) is 11.0 Å². The van der Waals surface area contributed by atoms with E-state index >= 15 is 0 Å². The zero-order chi connectivity index (χ0) is 13.1. The minimum Gasteiger partial charge on any atom is -0.373 e. The molecule has 0 aromatic heterocycles. The largest absolute Gasteiger partial charge is 0.373 e. The van der Waals surface area contributed by atoms with Gasteiger partial charge in [0.2, 0.25) is 0 Å². The Morgan fingerprint density at radius 1 is 1.00 bits per heavy atom. The third-order valence-corrected chi connectivity index (χ3v) is 3.93. The average Bonchev–Trinajstić information content (AvgIpc) is 2.43. The third-order valence-electron chi connectivity index (χ3n) is 3.13. The summed E-state index contributed by atoms with van der Waals surface area (Å²) >= 11 is 2.41. The van der Waals surface area contributed by atoms with Crippen LogP contribution in [0, 0.1) is 0 Å². The second-order valence-corrected chi connectivity index (χ2v) is 5.57. The molecule has 1 unspecified atom stereocenters. The molecule has 0 N–H and O–H groups in total. The van der Waals surface area contributed by atoms with Gasteiger partial charge in [-0.25, -0.2) is 0 Å². The predicted molar refractivity (Wildman–Crippen MR) is 87.4 cm³/mol. The molecule has 1 rings (SSSR count). The highest BCUT2D eigenvalue weighted by molar-refractivity contribution is 14.1. The minimum absolute atomic E-state index is 0.266. The summed E-state index contributed by atoms with van der Waals surface area (Å²) in [6, 6.07) is 10.5. The Labute approximate surface area is 125 Å². The van der Waals surface area contributed by atoms with E-state index in [9.17, 15) is 0 Å². The van der Waals surface area contributed by atoms with Crippen LogP contribution < -0.4 is 0 Å². The number of benzene rings is 1. The quantitative estimate of drug-likeness (QED) is 0.302. The van der Waals surface area contributed by atoms with Gasteiger partial charge in [-0.05, 0) is 12.0 Å². The van der Waals surface area contributed by atoms with Crippen LogP contribution in [0.3, 0.4) is 0 Å². The third kappa shape index (κ3) is 6.74. The molecule has 0 spiro atoms. The van der Waals surface area contributed by atoms with Crippen molar-refractivity contribution in [2.24, 2.45) is 0 Å². The van der Waals surface area contributed by atoms with Crippen LogP contribution >= 0.6 is 22.6 Å². The van der Waals surface area contributed by atoms with Gasteiger partial charge in [0.15, 0.2) is 0 Å². The number of hydrogen-bond acceptors (Lipinski definition) is 1. The molecule has 0 amide bonds. The van der Waals surface area contributed by atoms with E-state index in [1.165, 1.54) is 44.1 Å². The molecule has 0 aliphatic heterocycles. The lowest BCUT2D eigenvalue weighted by Gasteiger charge is -2.15. The first kappa shape index (κ1) is 16.0. The van der Waals surface area contributed by atoms with Crippen molar-refractivity contribution in [1.29, 1.82) is 0 Å². The van der Waals surface area contributed by atoms with Crippen LogP contribution in [0.25, 0.3) is 0 Å². The molecule has 1 atom stereocenters. The zero-order valence-electron chi connectivity index (χ0n) is 11.4. The Hall–Kier alpha value is -0.0900. The normalized spacial score (nSPS) is 12.6. The molecule has 1 aromatic rings. The van der Waals surface area contributed by atoms with Gasteiger partial charge in [0, 0.05) is 11.0 Å². The van der Waals surface area contributed by atoms with E-state index in [1.807, 2.05) is 0 Å². The Bertz CT molecular complexity index is 286. The minimum atomic E-state index is 0.266. The molecule has 0 saturated carbocycles. The first-order chi connectivity index (χ1) is 8.88. The molecule has 0 saturated heterocycles. The summed E-state index contributed by atoms with van der Waals surface area (Å²) in [6.45, 7) is 3.16. The fraction of sp³-hybridized carbons (Fsp3) is 0.625. The maximum Gasteiger partial charge on any atom is 0.0914 e. The average molecular weight is 360 g/mol. The lowest BCUT2D eigenvalue weighted by Crippen LogP contribution is -2.06. The van der Waals surface area contributed by atoms with Crippen molar-refractivity contribution in [3.63, 3.8) is 0 Å². The smallest absolute Gasteiger partial charge is 0.0914 e. The number of rotatable bonds is 10. The highest BCUT2D eigenvalue weighted by Gasteiger charge is 2.09. The Kier molecular flexibility index (Phi) is 9.58. The Balaban J connectivity index is 2.13. The fourth-order valence-corrected chi connectivity index (χ4v) is 2.77. The van der Waals surface area contributed by atoms with Gasteiger partial charge in [0.25, 0.3) is 0 Å². The van der Waals surface area contributed by atoms with Crippen molar-refractivity contribution in [3.05, 3.63) is 35.9 Å². The molecule has 0 fully saturated rings. The molecule has 0 heterocycles. The first-order valence-electron chi connectivity index (χ1n) is 7.11. The summed E-state index contributed by atoms with van der Waals surface area (Å²) in [5, 5.41) is 0. The van der Waals surface area contributed by atoms with Crippen molar-refractivity contribution >= 4 is 22.6 Å². The summed E-state index contributed by atoms with van der Waals surface area (Å²) in [5.41, 5.74) is 1.30. The van der Waals surface area contributed by atoms with E-state index in [4.69, 9.17) is 4.74 Å². The van der Waals surface area contributed by atoms with Gasteiger partial charge < -0.3 is 4.74 Å². The van der Waals surface area contributed by atoms with Crippen molar-refractivity contribution in [2.45, 2.75) is 51.6 Å². The maximum absolute atomic E-state index is 5.98. The van der Waals surface area contributed by atoms with Gasteiger partial charge in [0.05, 0.1) is 6.10 Å². The maximum atomic E-state index is 5.98. The van der Waals surface area contributed by atoms with E-state index in [1.54, 1.807) is 0 Å². The molecule has 102 valence electrons. The van der Waals surface area contributed by atoms with Crippen LogP contribution in [-0.4, -0.2) is 11.0 Å². The summed E-state index contributed by atoms with van der Waals surface area (Å²) in [5.74, 6) is 0. The van der Waals surface area contributed by atoms with Crippen LogP contribution in [0.2, 0.25) is 0 Å². The number of halogens is 1. The van der Waals surface area contributed by atoms with E-state index in [-0.39, 0.29) is 6.10 Å². The Morgan fingerprint density at radius 3 is 2.33 bits per heavy atom. The molecular weight excluding hydrogens is 335 g/mol. The van der Waals surface area contributed by atoms with Crippen LogP contribution in [0.5, 0.6) is 0 Å². The predicted octanol–water partition coefficient (Wildman–Crippen LogP) is 5.54. The van der Waals surface area contributed by atoms with Crippen molar-refractivity contribution in [3.8, 4) is 0 Å². The number of unbranched alkanes of at least 4 members (excludes halogenated alkanes) is 5. The number of hydrogen-bond donors (Lipinski definition) is 0. The second kappa shape index (κ2) is 10.8. The molecule has 0 aliphatic carbocycles. The Morgan fingerprint density at radius 2 is 1.67 bits per heavy atom. The highest BCUT2D eigenvalue weighted by Crippen LogP contribution is 2.20. The van der Waals surface area contributed by atoms with Crippen LogP contribution in [0.1, 0.15) is 57.1 Å². The molecule has 1 aromatic carbocycles. The van der Waals surface area contributed by atoms with E-state index in [0.29, 0.717) is 0 Å². The molecule has 1 nitrogen and oxygen atoms in total. The lowest BCUT2D eigenvalue weighted by atomic mass is 10.1. The van der Waals surface area contributed by atoms with Crippen LogP contribution in [0.15, 0.2) is 30.3 Å². The van der Waals surface area contributed by atoms with Gasteiger partial charge in [-0.3, -0.25) is 0 Å². The van der Waals surface area contributed by atoms with E-state index in [0.717, 1.165) is 11.0 Å². The highest BCUT2D eigenvalue weighted by atomic mass is 127. The fourth-order valence-electron chi connectivity index (χ4n) is 2.01. The van der Waals surface area contributed by atoms with E-state index in [2.05, 4.69) is 59.8 Å². The van der Waals surface area contributed by atoms with E-state index < -0.39 is 0 Å². The van der Waals surface area contributed by atoms with Crippen LogP contribution in [0.4, 0.5) is 0 Å². The monoisotopic (exact) mass is 360 g/mol. The van der Waals surface area contributed by atoms with Crippen LogP contribution in [-0.2, 0) is 4.74 Å². The summed E-state index contributed by atoms with van der Waals surface area (Å²) in [4.78, 5) is 0. The van der Waals surface area contributed by atoms with Gasteiger partial charge >= 0.3 is 0 Å². The number of ether oxygens (including phenoxy) is 1. The van der Waals surface area contributed by atoms with Crippen molar-refractivity contribution in [1.82, 2.24) is 0 Å². The molecule has 0 radical (unpaired) electrons. The molecular formula is C16H25IO. The number of alkyl halides is 1. The molecule has 0 bridgehead atoms. The van der Waals surface area contributed by atoms with Gasteiger partial charge in [0.1, 0.15) is 0 Å². The topological polar surface area (TPSA) is 9.23 Å². The lowest BCUT2D eigenvalue weighted by molar-refractivity contribution is 0.0679. The summed E-state index contributed by atoms with van der Waals surface area (Å²) in [7, 11) is 0.